The van der Waals surface area contributed by atoms with Crippen LogP contribution < -0.4 is 4.74 Å². The fourth-order valence-electron chi connectivity index (χ4n) is 2.92. The number of alkyl halides is 2. The predicted octanol–water partition coefficient (Wildman–Crippen LogP) is 3.27. The lowest BCUT2D eigenvalue weighted by Gasteiger charge is -2.22. The third-order valence-corrected chi connectivity index (χ3v) is 4.07. The third kappa shape index (κ3) is 2.93. The van der Waals surface area contributed by atoms with Gasteiger partial charge >= 0.3 is 6.55 Å². The number of fused-ring (bicyclic) bond motifs is 1. The van der Waals surface area contributed by atoms with Crippen LogP contribution in [0, 0.1) is 6.92 Å². The summed E-state index contributed by atoms with van der Waals surface area (Å²) in [5.74, 6) is 0.392. The van der Waals surface area contributed by atoms with E-state index in [2.05, 4.69) is 0 Å². The summed E-state index contributed by atoms with van der Waals surface area (Å²) in [5.41, 5.74) is 1.46. The quantitative estimate of drug-likeness (QED) is 0.866. The summed E-state index contributed by atoms with van der Waals surface area (Å²) in [4.78, 5) is 13.9. The number of carbonyl (C=O) groups is 1. The number of hydrogen-bond donors (Lipinski definition) is 0. The van der Waals surface area contributed by atoms with Gasteiger partial charge in [-0.25, -0.2) is 0 Å². The van der Waals surface area contributed by atoms with Gasteiger partial charge in [0.1, 0.15) is 17.5 Å². The highest BCUT2D eigenvalue weighted by atomic mass is 19.3. The Morgan fingerprint density at radius 3 is 2.78 bits per heavy atom. The van der Waals surface area contributed by atoms with Crippen molar-refractivity contribution in [2.24, 2.45) is 0 Å². The molecule has 122 valence electrons. The molecule has 0 aliphatic carbocycles. The summed E-state index contributed by atoms with van der Waals surface area (Å²) in [6.07, 6.45) is 0.556. The van der Waals surface area contributed by atoms with E-state index in [4.69, 9.17) is 4.74 Å². The zero-order valence-electron chi connectivity index (χ0n) is 13.0. The standard InChI is InChI=1S/C17H18F2N2O2/c1-11-7-8-14(21(11)17(18)19)16(22)20(2)10-13-9-12-5-3-4-6-15(12)23-13/h3-8,13,17H,9-10H2,1-2H3/t13-/m0/s1. The van der Waals surface area contributed by atoms with Crippen molar-refractivity contribution < 1.29 is 18.3 Å². The molecule has 1 aromatic heterocycles. The number of aryl methyl sites for hydroxylation is 1. The van der Waals surface area contributed by atoms with Crippen molar-refractivity contribution in [2.45, 2.75) is 26.0 Å². The topological polar surface area (TPSA) is 34.5 Å². The second kappa shape index (κ2) is 6.02. The van der Waals surface area contributed by atoms with Crippen molar-refractivity contribution in [3.8, 4) is 5.75 Å². The van der Waals surface area contributed by atoms with Crippen LogP contribution in [0.3, 0.4) is 0 Å². The summed E-state index contributed by atoms with van der Waals surface area (Å²) < 4.78 is 32.7. The molecule has 3 rings (SSSR count). The Balaban J connectivity index is 1.70. The fourth-order valence-corrected chi connectivity index (χ4v) is 2.92. The average Bonchev–Trinajstić information content (AvgIpc) is 3.08. The number of benzene rings is 1. The van der Waals surface area contributed by atoms with E-state index in [1.165, 1.54) is 17.0 Å². The van der Waals surface area contributed by atoms with Gasteiger partial charge < -0.3 is 9.64 Å². The van der Waals surface area contributed by atoms with Gasteiger partial charge in [0.2, 0.25) is 0 Å². The van der Waals surface area contributed by atoms with Crippen LogP contribution in [-0.4, -0.2) is 35.1 Å². The highest BCUT2D eigenvalue weighted by Crippen LogP contribution is 2.28. The fraction of sp³-hybridized carbons (Fsp3) is 0.353. The second-order valence-corrected chi connectivity index (χ2v) is 5.74. The van der Waals surface area contributed by atoms with E-state index in [0.29, 0.717) is 18.7 Å². The Morgan fingerprint density at radius 2 is 2.09 bits per heavy atom. The molecule has 0 spiro atoms. The van der Waals surface area contributed by atoms with Crippen LogP contribution >= 0.6 is 0 Å². The molecule has 0 saturated heterocycles. The number of para-hydroxylation sites is 1. The maximum atomic E-state index is 13.1. The Hall–Kier alpha value is -2.37. The molecule has 0 fully saturated rings. The molecule has 1 aromatic carbocycles. The van der Waals surface area contributed by atoms with E-state index in [-0.39, 0.29) is 11.8 Å². The lowest BCUT2D eigenvalue weighted by Crippen LogP contribution is -2.37. The first-order valence-electron chi connectivity index (χ1n) is 7.43. The summed E-state index contributed by atoms with van der Waals surface area (Å²) in [6.45, 7) is -0.829. The third-order valence-electron chi connectivity index (χ3n) is 4.07. The molecule has 1 atom stereocenters. The first-order chi connectivity index (χ1) is 11.0. The molecule has 0 N–H and O–H groups in total. The van der Waals surface area contributed by atoms with Gasteiger partial charge in [-0.1, -0.05) is 18.2 Å². The number of likely N-dealkylation sites (N-methyl/N-ethyl adjacent to an activating group) is 1. The number of rotatable bonds is 4. The minimum absolute atomic E-state index is 0.00416. The maximum absolute atomic E-state index is 13.1. The largest absolute Gasteiger partial charge is 0.488 e. The molecule has 23 heavy (non-hydrogen) atoms. The zero-order chi connectivity index (χ0) is 16.6. The van der Waals surface area contributed by atoms with Crippen molar-refractivity contribution in [1.82, 2.24) is 9.47 Å². The second-order valence-electron chi connectivity index (χ2n) is 5.74. The van der Waals surface area contributed by atoms with Gasteiger partial charge in [-0.3, -0.25) is 9.36 Å². The Morgan fingerprint density at radius 1 is 1.35 bits per heavy atom. The number of halogens is 2. The molecule has 0 unspecified atom stereocenters. The van der Waals surface area contributed by atoms with Crippen molar-refractivity contribution in [3.63, 3.8) is 0 Å². The van der Waals surface area contributed by atoms with Crippen LogP contribution in [0.15, 0.2) is 36.4 Å². The highest BCUT2D eigenvalue weighted by molar-refractivity contribution is 5.92. The lowest BCUT2D eigenvalue weighted by molar-refractivity contribution is 0.0544. The monoisotopic (exact) mass is 320 g/mol. The van der Waals surface area contributed by atoms with Crippen LogP contribution in [0.25, 0.3) is 0 Å². The summed E-state index contributed by atoms with van der Waals surface area (Å²) >= 11 is 0. The maximum Gasteiger partial charge on any atom is 0.319 e. The van der Waals surface area contributed by atoms with Crippen molar-refractivity contribution in [1.29, 1.82) is 0 Å². The first-order valence-corrected chi connectivity index (χ1v) is 7.43. The molecule has 4 nitrogen and oxygen atoms in total. The Kier molecular flexibility index (Phi) is 4.07. The molecule has 0 radical (unpaired) electrons. The number of carbonyl (C=O) groups excluding carboxylic acids is 1. The smallest absolute Gasteiger partial charge is 0.319 e. The van der Waals surface area contributed by atoms with Gasteiger partial charge in [0.25, 0.3) is 5.91 Å². The summed E-state index contributed by atoms with van der Waals surface area (Å²) in [6, 6.07) is 10.7. The average molecular weight is 320 g/mol. The molecule has 1 aliphatic rings. The summed E-state index contributed by atoms with van der Waals surface area (Å²) in [7, 11) is 1.60. The molecular weight excluding hydrogens is 302 g/mol. The van der Waals surface area contributed by atoms with Gasteiger partial charge in [0.05, 0.1) is 6.54 Å². The first kappa shape index (κ1) is 15.5. The van der Waals surface area contributed by atoms with Gasteiger partial charge in [0.15, 0.2) is 0 Å². The molecule has 0 saturated carbocycles. The van der Waals surface area contributed by atoms with Crippen LogP contribution in [-0.2, 0) is 6.42 Å². The predicted molar refractivity (Wildman–Crippen MR) is 81.9 cm³/mol. The molecular formula is C17H18F2N2O2. The molecule has 0 bridgehead atoms. The molecule has 6 heteroatoms. The SMILES string of the molecule is Cc1ccc(C(=O)N(C)C[C@@H]2Cc3ccccc3O2)n1C(F)F. The number of nitrogens with zero attached hydrogens (tertiary/aromatic N) is 2. The molecule has 1 aliphatic heterocycles. The molecule has 2 aromatic rings. The number of ether oxygens (including phenoxy) is 1. The Labute approximate surface area is 133 Å². The molecule has 2 heterocycles. The van der Waals surface area contributed by atoms with Gasteiger partial charge in [-0.15, -0.1) is 0 Å². The summed E-state index contributed by atoms with van der Waals surface area (Å²) in [5, 5.41) is 0. The Bertz CT molecular complexity index is 702. The van der Waals surface area contributed by atoms with E-state index in [1.54, 1.807) is 14.0 Å². The molecule has 1 amide bonds. The van der Waals surface area contributed by atoms with Crippen LogP contribution in [0.5, 0.6) is 5.75 Å². The van der Waals surface area contributed by atoms with Crippen LogP contribution in [0.2, 0.25) is 0 Å². The van der Waals surface area contributed by atoms with Gasteiger partial charge in [-0.2, -0.15) is 8.78 Å². The number of amides is 1. The minimum Gasteiger partial charge on any atom is -0.488 e. The van der Waals surface area contributed by atoms with Crippen LogP contribution in [0.4, 0.5) is 8.78 Å². The van der Waals surface area contributed by atoms with E-state index in [1.807, 2.05) is 24.3 Å². The van der Waals surface area contributed by atoms with Crippen molar-refractivity contribution in [3.05, 3.63) is 53.3 Å². The lowest BCUT2D eigenvalue weighted by atomic mass is 10.1. The normalized spacial score (nSPS) is 16.3. The van der Waals surface area contributed by atoms with E-state index >= 15 is 0 Å². The minimum atomic E-state index is -2.73. The van der Waals surface area contributed by atoms with Gasteiger partial charge in [0, 0.05) is 19.2 Å². The highest BCUT2D eigenvalue weighted by Gasteiger charge is 2.27. The van der Waals surface area contributed by atoms with Crippen molar-refractivity contribution >= 4 is 5.91 Å². The van der Waals surface area contributed by atoms with E-state index in [0.717, 1.165) is 15.9 Å². The zero-order valence-corrected chi connectivity index (χ0v) is 13.0. The van der Waals surface area contributed by atoms with Crippen molar-refractivity contribution in [2.75, 3.05) is 13.6 Å². The van der Waals surface area contributed by atoms with Gasteiger partial charge in [-0.05, 0) is 30.7 Å². The number of hydrogen-bond acceptors (Lipinski definition) is 2. The van der Waals surface area contributed by atoms with E-state index in [9.17, 15) is 13.6 Å². The van der Waals surface area contributed by atoms with Crippen LogP contribution in [0.1, 0.15) is 28.3 Å². The number of aromatic nitrogens is 1. The van der Waals surface area contributed by atoms with E-state index < -0.39 is 12.5 Å².